The molecule has 82 valence electrons. The molecule has 0 N–H and O–H groups in total. The number of nitrogens with zero attached hydrogens (tertiary/aromatic N) is 2. The van der Waals surface area contributed by atoms with Crippen LogP contribution in [-0.2, 0) is 11.2 Å². The van der Waals surface area contributed by atoms with Gasteiger partial charge in [-0.25, -0.2) is 0 Å². The van der Waals surface area contributed by atoms with Gasteiger partial charge < -0.3 is 9.08 Å². The molecule has 1 aromatic carbocycles. The maximum atomic E-state index is 11.3. The maximum Gasteiger partial charge on any atom is 0.214 e. The molecule has 0 saturated carbocycles. The smallest absolute Gasteiger partial charge is 0.214 e. The Labute approximate surface area is 96.2 Å². The molecule has 1 aromatic heterocycles. The van der Waals surface area contributed by atoms with Gasteiger partial charge in [-0.05, 0) is 28.9 Å². The van der Waals surface area contributed by atoms with Gasteiger partial charge in [-0.15, -0.1) is 0 Å². The Kier molecular flexibility index (Phi) is 3.38. The molecule has 0 bridgehead atoms. The van der Waals surface area contributed by atoms with Crippen molar-refractivity contribution in [1.29, 1.82) is 0 Å². The van der Waals surface area contributed by atoms with E-state index in [1.54, 1.807) is 12.3 Å². The third kappa shape index (κ3) is 2.71. The van der Waals surface area contributed by atoms with Crippen molar-refractivity contribution < 1.29 is 9.08 Å². The van der Waals surface area contributed by atoms with E-state index in [0.717, 1.165) is 10.5 Å². The van der Waals surface area contributed by atoms with Crippen LogP contribution in [0.1, 0.15) is 11.4 Å². The van der Waals surface area contributed by atoms with Gasteiger partial charge in [0.05, 0.1) is 0 Å². The first kappa shape index (κ1) is 10.9. The average molecular weight is 234 g/mol. The van der Waals surface area contributed by atoms with Crippen LogP contribution < -0.4 is 0 Å². The van der Waals surface area contributed by atoms with E-state index >= 15 is 0 Å². The monoisotopic (exact) mass is 234 g/mol. The molecule has 4 nitrogen and oxygen atoms in total. The summed E-state index contributed by atoms with van der Waals surface area (Å²) in [6, 6.07) is 7.49. The van der Waals surface area contributed by atoms with Crippen LogP contribution in [0.15, 0.2) is 40.1 Å². The Morgan fingerprint density at radius 2 is 2.25 bits per heavy atom. The third-order valence-electron chi connectivity index (χ3n) is 1.99. The van der Waals surface area contributed by atoms with E-state index in [4.69, 9.17) is 0 Å². The predicted molar refractivity (Wildman–Crippen MR) is 62.0 cm³/mol. The Morgan fingerprint density at radius 3 is 2.94 bits per heavy atom. The lowest BCUT2D eigenvalue weighted by Crippen LogP contribution is -1.96. The van der Waals surface area contributed by atoms with E-state index in [-0.39, 0.29) is 0 Å². The van der Waals surface area contributed by atoms with E-state index < -0.39 is 11.2 Å². The lowest BCUT2D eigenvalue weighted by atomic mass is 10.2. The molecule has 0 aliphatic heterocycles. The van der Waals surface area contributed by atoms with Crippen molar-refractivity contribution >= 4 is 23.3 Å². The van der Waals surface area contributed by atoms with Crippen LogP contribution in [0.25, 0.3) is 12.2 Å². The zero-order valence-corrected chi connectivity index (χ0v) is 9.48. The van der Waals surface area contributed by atoms with Gasteiger partial charge in [0.1, 0.15) is 6.26 Å². The van der Waals surface area contributed by atoms with Crippen molar-refractivity contribution in [3.63, 3.8) is 0 Å². The highest BCUT2D eigenvalue weighted by Crippen LogP contribution is 2.13. The molecule has 0 spiro atoms. The molecule has 1 unspecified atom stereocenters. The molecule has 0 radical (unpaired) electrons. The molecule has 0 amide bonds. The first-order chi connectivity index (χ1) is 7.75. The third-order valence-corrected chi connectivity index (χ3v) is 2.91. The number of benzene rings is 1. The maximum absolute atomic E-state index is 11.3. The normalized spacial score (nSPS) is 13.1. The second-order valence-electron chi connectivity index (χ2n) is 3.15. The molecule has 0 aliphatic rings. The lowest BCUT2D eigenvalue weighted by molar-refractivity contribution is 0.415. The Hall–Kier alpha value is -1.59. The average Bonchev–Trinajstić information content (AvgIpc) is 2.79. The number of hydrogen-bond donors (Lipinski definition) is 0. The lowest BCUT2D eigenvalue weighted by Gasteiger charge is -2.03. The second-order valence-corrected chi connectivity index (χ2v) is 4.53. The van der Waals surface area contributed by atoms with E-state index in [2.05, 4.69) is 14.7 Å². The van der Waals surface area contributed by atoms with E-state index in [0.29, 0.717) is 5.82 Å². The summed E-state index contributed by atoms with van der Waals surface area (Å²) < 4.78 is 15.9. The topological polar surface area (TPSA) is 62.0 Å². The van der Waals surface area contributed by atoms with Crippen molar-refractivity contribution in [3.05, 3.63) is 42.0 Å². The fourth-order valence-corrected chi connectivity index (χ4v) is 1.79. The number of aromatic nitrogens is 2. The molecule has 0 aliphatic carbocycles. The molecule has 16 heavy (non-hydrogen) atoms. The summed E-state index contributed by atoms with van der Waals surface area (Å²) in [5.41, 5.74) is 0.956. The molecule has 1 atom stereocenters. The second kappa shape index (κ2) is 4.96. The standard InChI is InChI=1S/C11H10N2O2S/c1-16(14)10-4-2-3-9(7-10)5-6-11-12-8-15-13-11/h2-8H,1H3. The highest BCUT2D eigenvalue weighted by molar-refractivity contribution is 7.90. The first-order valence-corrected chi connectivity index (χ1v) is 6.19. The SMILES string of the molecule is C[S+]([O-])c1cccc(C=Cc2ncon2)c1. The van der Waals surface area contributed by atoms with Crippen molar-refractivity contribution in [2.45, 2.75) is 4.90 Å². The summed E-state index contributed by atoms with van der Waals surface area (Å²) in [7, 11) is 0. The van der Waals surface area contributed by atoms with Crippen molar-refractivity contribution in [2.24, 2.45) is 0 Å². The summed E-state index contributed by atoms with van der Waals surface area (Å²) in [4.78, 5) is 4.67. The summed E-state index contributed by atoms with van der Waals surface area (Å²) in [5, 5.41) is 3.66. The Bertz CT molecular complexity index is 480. The predicted octanol–water partition coefficient (Wildman–Crippen LogP) is 1.98. The van der Waals surface area contributed by atoms with Gasteiger partial charge in [-0.2, -0.15) is 4.98 Å². The van der Waals surface area contributed by atoms with Crippen molar-refractivity contribution in [1.82, 2.24) is 10.1 Å². The largest absolute Gasteiger partial charge is 0.612 e. The summed E-state index contributed by atoms with van der Waals surface area (Å²) in [5.74, 6) is 0.517. The molecule has 0 fully saturated rings. The van der Waals surface area contributed by atoms with Gasteiger partial charge in [0.15, 0.2) is 10.7 Å². The summed E-state index contributed by atoms with van der Waals surface area (Å²) >= 11 is -0.963. The molecule has 5 heteroatoms. The van der Waals surface area contributed by atoms with Crippen molar-refractivity contribution in [2.75, 3.05) is 6.26 Å². The summed E-state index contributed by atoms with van der Waals surface area (Å²) in [6.45, 7) is 0. The first-order valence-electron chi connectivity index (χ1n) is 4.63. The molecular weight excluding hydrogens is 224 g/mol. The van der Waals surface area contributed by atoms with Crippen LogP contribution in [0.3, 0.4) is 0 Å². The van der Waals surface area contributed by atoms with Crippen LogP contribution in [0.4, 0.5) is 0 Å². The van der Waals surface area contributed by atoms with Crippen LogP contribution in [0.5, 0.6) is 0 Å². The Balaban J connectivity index is 2.18. The van der Waals surface area contributed by atoms with Crippen LogP contribution >= 0.6 is 0 Å². The van der Waals surface area contributed by atoms with Crippen LogP contribution in [0, 0.1) is 0 Å². The van der Waals surface area contributed by atoms with Gasteiger partial charge in [0, 0.05) is 6.07 Å². The van der Waals surface area contributed by atoms with E-state index in [1.807, 2.05) is 30.3 Å². The number of rotatable bonds is 3. The fourth-order valence-electron chi connectivity index (χ4n) is 1.22. The van der Waals surface area contributed by atoms with Gasteiger partial charge in [-0.1, -0.05) is 23.4 Å². The Morgan fingerprint density at radius 1 is 1.38 bits per heavy atom. The van der Waals surface area contributed by atoms with Gasteiger partial charge in [-0.3, -0.25) is 0 Å². The highest BCUT2D eigenvalue weighted by atomic mass is 32.2. The fraction of sp³-hybridized carbons (Fsp3) is 0.0909. The van der Waals surface area contributed by atoms with Crippen LogP contribution in [-0.4, -0.2) is 20.9 Å². The van der Waals surface area contributed by atoms with Gasteiger partial charge in [0.25, 0.3) is 0 Å². The molecular formula is C11H10N2O2S. The zero-order chi connectivity index (χ0) is 11.4. The van der Waals surface area contributed by atoms with E-state index in [1.165, 1.54) is 6.39 Å². The molecule has 1 heterocycles. The van der Waals surface area contributed by atoms with E-state index in [9.17, 15) is 4.55 Å². The van der Waals surface area contributed by atoms with Crippen molar-refractivity contribution in [3.8, 4) is 0 Å². The van der Waals surface area contributed by atoms with Gasteiger partial charge in [0.2, 0.25) is 6.39 Å². The molecule has 0 saturated heterocycles. The summed E-state index contributed by atoms with van der Waals surface area (Å²) in [6.07, 6.45) is 6.52. The van der Waals surface area contributed by atoms with Gasteiger partial charge >= 0.3 is 0 Å². The minimum atomic E-state index is -0.963. The zero-order valence-electron chi connectivity index (χ0n) is 8.66. The number of hydrogen-bond acceptors (Lipinski definition) is 4. The van der Waals surface area contributed by atoms with Crippen LogP contribution in [0.2, 0.25) is 0 Å². The molecule has 2 rings (SSSR count). The minimum Gasteiger partial charge on any atom is -0.612 e. The quantitative estimate of drug-likeness (QED) is 0.762. The molecule has 2 aromatic rings. The minimum absolute atomic E-state index is 0.517. The highest BCUT2D eigenvalue weighted by Gasteiger charge is 2.02.